The van der Waals surface area contributed by atoms with E-state index in [1.54, 1.807) is 25.1 Å². The SMILES string of the molecule is Cc1cnc(NS(=O)(=O)c2ccc(N)cc2)nc1-c1ccccc1O. The highest BCUT2D eigenvalue weighted by Crippen LogP contribution is 2.30. The van der Waals surface area contributed by atoms with Crippen LogP contribution in [-0.4, -0.2) is 23.5 Å². The number of para-hydroxylation sites is 1. The van der Waals surface area contributed by atoms with Gasteiger partial charge in [-0.3, -0.25) is 0 Å². The number of benzene rings is 2. The number of hydrogen-bond acceptors (Lipinski definition) is 6. The first-order chi connectivity index (χ1) is 11.9. The molecule has 1 heterocycles. The molecule has 0 unspecified atom stereocenters. The quantitative estimate of drug-likeness (QED) is 0.618. The summed E-state index contributed by atoms with van der Waals surface area (Å²) < 4.78 is 27.2. The monoisotopic (exact) mass is 356 g/mol. The number of anilines is 2. The molecule has 0 aliphatic carbocycles. The van der Waals surface area contributed by atoms with E-state index in [2.05, 4.69) is 14.7 Å². The lowest BCUT2D eigenvalue weighted by Crippen LogP contribution is -2.15. The van der Waals surface area contributed by atoms with Crippen molar-refractivity contribution in [3.8, 4) is 17.0 Å². The topological polar surface area (TPSA) is 118 Å². The van der Waals surface area contributed by atoms with Gasteiger partial charge in [0.15, 0.2) is 0 Å². The van der Waals surface area contributed by atoms with E-state index >= 15 is 0 Å². The number of sulfonamides is 1. The number of hydrogen-bond donors (Lipinski definition) is 3. The van der Waals surface area contributed by atoms with Gasteiger partial charge < -0.3 is 10.8 Å². The highest BCUT2D eigenvalue weighted by atomic mass is 32.2. The van der Waals surface area contributed by atoms with Crippen LogP contribution in [0.4, 0.5) is 11.6 Å². The fourth-order valence-electron chi connectivity index (χ4n) is 2.26. The predicted molar refractivity (Wildman–Crippen MR) is 95.5 cm³/mol. The number of nitrogens with zero attached hydrogens (tertiary/aromatic N) is 2. The molecule has 0 bridgehead atoms. The van der Waals surface area contributed by atoms with Gasteiger partial charge in [0.05, 0.1) is 10.6 Å². The minimum absolute atomic E-state index is 0.0509. The summed E-state index contributed by atoms with van der Waals surface area (Å²) in [5.74, 6) is -0.0303. The van der Waals surface area contributed by atoms with Crippen LogP contribution in [0.3, 0.4) is 0 Å². The molecule has 0 saturated carbocycles. The molecule has 7 nitrogen and oxygen atoms in total. The molecule has 3 aromatic rings. The molecule has 25 heavy (non-hydrogen) atoms. The van der Waals surface area contributed by atoms with Crippen molar-refractivity contribution in [2.24, 2.45) is 0 Å². The third-order valence-corrected chi connectivity index (χ3v) is 4.89. The first kappa shape index (κ1) is 16.7. The fraction of sp³-hybridized carbons (Fsp3) is 0.0588. The molecule has 0 aliphatic rings. The second-order valence-corrected chi connectivity index (χ2v) is 7.10. The molecule has 2 aromatic carbocycles. The van der Waals surface area contributed by atoms with Crippen LogP contribution in [0.25, 0.3) is 11.3 Å². The number of nitrogens with two attached hydrogens (primary N) is 1. The van der Waals surface area contributed by atoms with Gasteiger partial charge in [-0.2, -0.15) is 0 Å². The fourth-order valence-corrected chi connectivity index (χ4v) is 3.21. The Hall–Kier alpha value is -3.13. The molecule has 4 N–H and O–H groups in total. The minimum Gasteiger partial charge on any atom is -0.507 e. The van der Waals surface area contributed by atoms with Gasteiger partial charge in [-0.05, 0) is 48.9 Å². The second kappa shape index (κ2) is 6.40. The van der Waals surface area contributed by atoms with Gasteiger partial charge in [0.25, 0.3) is 10.0 Å². The van der Waals surface area contributed by atoms with Crippen molar-refractivity contribution in [1.82, 2.24) is 9.97 Å². The number of aryl methyl sites for hydroxylation is 1. The van der Waals surface area contributed by atoms with Crippen LogP contribution in [0.2, 0.25) is 0 Å². The molecule has 0 amide bonds. The summed E-state index contributed by atoms with van der Waals surface area (Å²) in [7, 11) is -3.85. The van der Waals surface area contributed by atoms with Gasteiger partial charge in [-0.1, -0.05) is 12.1 Å². The van der Waals surface area contributed by atoms with Crippen molar-refractivity contribution >= 4 is 21.7 Å². The van der Waals surface area contributed by atoms with Crippen LogP contribution in [0.1, 0.15) is 5.56 Å². The Labute approximate surface area is 145 Å². The van der Waals surface area contributed by atoms with Crippen molar-refractivity contribution < 1.29 is 13.5 Å². The summed E-state index contributed by atoms with van der Waals surface area (Å²) in [6.45, 7) is 1.78. The van der Waals surface area contributed by atoms with E-state index in [-0.39, 0.29) is 16.6 Å². The molecule has 1 aromatic heterocycles. The van der Waals surface area contributed by atoms with Gasteiger partial charge in [-0.15, -0.1) is 0 Å². The van der Waals surface area contributed by atoms with Gasteiger partial charge in [0.2, 0.25) is 5.95 Å². The highest BCUT2D eigenvalue weighted by molar-refractivity contribution is 7.92. The minimum atomic E-state index is -3.85. The van der Waals surface area contributed by atoms with Crippen LogP contribution in [0.15, 0.2) is 59.6 Å². The number of aromatic hydroxyl groups is 1. The third kappa shape index (κ3) is 3.53. The van der Waals surface area contributed by atoms with E-state index in [0.717, 1.165) is 0 Å². The average molecular weight is 356 g/mol. The number of rotatable bonds is 4. The lowest BCUT2D eigenvalue weighted by molar-refractivity contribution is 0.477. The number of nitrogen functional groups attached to an aromatic ring is 1. The molecule has 3 rings (SSSR count). The molecule has 128 valence electrons. The molecular weight excluding hydrogens is 340 g/mol. The molecule has 0 aliphatic heterocycles. The van der Waals surface area contributed by atoms with Crippen molar-refractivity contribution in [3.05, 3.63) is 60.3 Å². The van der Waals surface area contributed by atoms with E-state index in [1.807, 2.05) is 0 Å². The van der Waals surface area contributed by atoms with Crippen LogP contribution in [0, 0.1) is 6.92 Å². The summed E-state index contributed by atoms with van der Waals surface area (Å²) in [5.41, 5.74) is 7.69. The Bertz CT molecular complexity index is 1020. The number of nitrogens with one attached hydrogen (secondary N) is 1. The van der Waals surface area contributed by atoms with Crippen LogP contribution in [-0.2, 0) is 10.0 Å². The zero-order chi connectivity index (χ0) is 18.0. The summed E-state index contributed by atoms with van der Waals surface area (Å²) >= 11 is 0. The third-order valence-electron chi connectivity index (χ3n) is 3.55. The first-order valence-corrected chi connectivity index (χ1v) is 8.85. The molecular formula is C17H16N4O3S. The molecule has 8 heteroatoms. The number of phenolic OH excluding ortho intramolecular Hbond substituents is 1. The largest absolute Gasteiger partial charge is 0.507 e. The van der Waals surface area contributed by atoms with E-state index < -0.39 is 10.0 Å². The number of phenols is 1. The zero-order valence-electron chi connectivity index (χ0n) is 13.3. The van der Waals surface area contributed by atoms with E-state index in [4.69, 9.17) is 5.73 Å². The highest BCUT2D eigenvalue weighted by Gasteiger charge is 2.17. The lowest BCUT2D eigenvalue weighted by atomic mass is 10.1. The van der Waals surface area contributed by atoms with Gasteiger partial charge in [-0.25, -0.2) is 23.1 Å². The first-order valence-electron chi connectivity index (χ1n) is 7.37. The van der Waals surface area contributed by atoms with E-state index in [1.165, 1.54) is 36.5 Å². The lowest BCUT2D eigenvalue weighted by Gasteiger charge is -2.11. The summed E-state index contributed by atoms with van der Waals surface area (Å²) in [5, 5.41) is 10.0. The van der Waals surface area contributed by atoms with Gasteiger partial charge >= 0.3 is 0 Å². The van der Waals surface area contributed by atoms with Crippen LogP contribution < -0.4 is 10.5 Å². The Kier molecular flexibility index (Phi) is 4.28. The Morgan fingerprint density at radius 2 is 1.76 bits per heavy atom. The smallest absolute Gasteiger partial charge is 0.264 e. The molecule has 0 radical (unpaired) electrons. The Morgan fingerprint density at radius 1 is 1.08 bits per heavy atom. The summed E-state index contributed by atoms with van der Waals surface area (Å²) in [4.78, 5) is 8.31. The van der Waals surface area contributed by atoms with Crippen molar-refractivity contribution in [2.45, 2.75) is 11.8 Å². The normalized spacial score (nSPS) is 11.2. The van der Waals surface area contributed by atoms with Crippen molar-refractivity contribution in [1.29, 1.82) is 0 Å². The summed E-state index contributed by atoms with van der Waals surface area (Å²) in [6.07, 6.45) is 1.50. The zero-order valence-corrected chi connectivity index (χ0v) is 14.2. The molecule has 0 atom stereocenters. The molecule has 0 saturated heterocycles. The average Bonchev–Trinajstić information content (AvgIpc) is 2.57. The van der Waals surface area contributed by atoms with E-state index in [0.29, 0.717) is 22.5 Å². The predicted octanol–water partition coefficient (Wildman–Crippen LogP) is 2.54. The van der Waals surface area contributed by atoms with Crippen LogP contribution >= 0.6 is 0 Å². The van der Waals surface area contributed by atoms with Crippen molar-refractivity contribution in [3.63, 3.8) is 0 Å². The Balaban J connectivity index is 1.98. The Morgan fingerprint density at radius 3 is 2.44 bits per heavy atom. The maximum Gasteiger partial charge on any atom is 0.264 e. The van der Waals surface area contributed by atoms with Gasteiger partial charge in [0.1, 0.15) is 5.75 Å². The molecule has 0 spiro atoms. The standard InChI is InChI=1S/C17H16N4O3S/c1-11-10-19-17(20-16(11)14-4-2-3-5-15(14)22)21-25(23,24)13-8-6-12(18)7-9-13/h2-10,22H,18H2,1H3,(H,19,20,21). The van der Waals surface area contributed by atoms with Crippen LogP contribution in [0.5, 0.6) is 5.75 Å². The maximum atomic E-state index is 12.4. The van der Waals surface area contributed by atoms with E-state index in [9.17, 15) is 13.5 Å². The van der Waals surface area contributed by atoms with Gasteiger partial charge in [0, 0.05) is 17.4 Å². The maximum absolute atomic E-state index is 12.4. The second-order valence-electron chi connectivity index (χ2n) is 5.42. The number of aromatic nitrogens is 2. The summed E-state index contributed by atoms with van der Waals surface area (Å²) in [6, 6.07) is 12.5. The van der Waals surface area contributed by atoms with Crippen molar-refractivity contribution in [2.75, 3.05) is 10.5 Å². The molecule has 0 fully saturated rings.